The first-order chi connectivity index (χ1) is 9.29. The van der Waals surface area contributed by atoms with Crippen LogP contribution in [0.3, 0.4) is 0 Å². The summed E-state index contributed by atoms with van der Waals surface area (Å²) in [5, 5.41) is 3.02. The molecule has 0 aliphatic heterocycles. The molecule has 0 aromatic heterocycles. The molecular weight excluding hydrogens is 258 g/mol. The maximum Gasteiger partial charge on any atom is 0.340 e. The molecule has 0 aliphatic carbocycles. The Labute approximate surface area is 118 Å². The SMILES string of the molecule is CCOC(=O)c1cccc(N)c1NCC(C)(C)C(N)=O. The fourth-order valence-electron chi connectivity index (χ4n) is 1.54. The Kier molecular flexibility index (Phi) is 4.96. The van der Waals surface area contributed by atoms with E-state index in [1.165, 1.54) is 0 Å². The number of benzene rings is 1. The lowest BCUT2D eigenvalue weighted by atomic mass is 9.92. The second-order valence-corrected chi connectivity index (χ2v) is 5.09. The average molecular weight is 279 g/mol. The summed E-state index contributed by atoms with van der Waals surface area (Å²) in [4.78, 5) is 23.2. The van der Waals surface area contributed by atoms with Crippen LogP contribution in [-0.2, 0) is 9.53 Å². The number of primary amides is 1. The highest BCUT2D eigenvalue weighted by Gasteiger charge is 2.26. The van der Waals surface area contributed by atoms with Gasteiger partial charge >= 0.3 is 5.97 Å². The predicted octanol–water partition coefficient (Wildman–Crippen LogP) is 1.37. The number of anilines is 2. The van der Waals surface area contributed by atoms with Crippen molar-refractivity contribution in [3.8, 4) is 0 Å². The molecule has 5 N–H and O–H groups in total. The Morgan fingerprint density at radius 1 is 1.35 bits per heavy atom. The van der Waals surface area contributed by atoms with Crippen molar-refractivity contribution in [3.63, 3.8) is 0 Å². The van der Waals surface area contributed by atoms with Gasteiger partial charge in [-0.3, -0.25) is 4.79 Å². The lowest BCUT2D eigenvalue weighted by Gasteiger charge is -2.23. The van der Waals surface area contributed by atoms with Gasteiger partial charge in [0.2, 0.25) is 5.91 Å². The van der Waals surface area contributed by atoms with E-state index in [2.05, 4.69) is 5.32 Å². The third kappa shape index (κ3) is 3.63. The molecule has 0 heterocycles. The predicted molar refractivity (Wildman–Crippen MR) is 78.3 cm³/mol. The number of esters is 1. The van der Waals surface area contributed by atoms with E-state index >= 15 is 0 Å². The van der Waals surface area contributed by atoms with Crippen molar-refractivity contribution in [3.05, 3.63) is 23.8 Å². The zero-order valence-electron chi connectivity index (χ0n) is 12.0. The van der Waals surface area contributed by atoms with E-state index in [0.717, 1.165) is 0 Å². The van der Waals surface area contributed by atoms with E-state index < -0.39 is 17.3 Å². The monoisotopic (exact) mass is 279 g/mol. The third-order valence-electron chi connectivity index (χ3n) is 2.97. The summed E-state index contributed by atoms with van der Waals surface area (Å²) in [6, 6.07) is 4.96. The Bertz CT molecular complexity index is 512. The number of hydrogen-bond donors (Lipinski definition) is 3. The molecule has 1 rings (SSSR count). The highest BCUT2D eigenvalue weighted by atomic mass is 16.5. The van der Waals surface area contributed by atoms with Crippen LogP contribution >= 0.6 is 0 Å². The summed E-state index contributed by atoms with van der Waals surface area (Å²) in [6.45, 7) is 5.70. The van der Waals surface area contributed by atoms with Crippen LogP contribution in [0.1, 0.15) is 31.1 Å². The smallest absolute Gasteiger partial charge is 0.340 e. The number of hydrogen-bond acceptors (Lipinski definition) is 5. The minimum Gasteiger partial charge on any atom is -0.462 e. The molecule has 0 radical (unpaired) electrons. The molecule has 6 nitrogen and oxygen atoms in total. The van der Waals surface area contributed by atoms with Crippen molar-refractivity contribution in [2.24, 2.45) is 11.1 Å². The van der Waals surface area contributed by atoms with Crippen LogP contribution < -0.4 is 16.8 Å². The summed E-state index contributed by atoms with van der Waals surface area (Å²) in [6.07, 6.45) is 0. The Hall–Kier alpha value is -2.24. The van der Waals surface area contributed by atoms with Crippen molar-refractivity contribution >= 4 is 23.3 Å². The minimum absolute atomic E-state index is 0.267. The lowest BCUT2D eigenvalue weighted by Crippen LogP contribution is -2.37. The van der Waals surface area contributed by atoms with E-state index in [9.17, 15) is 9.59 Å². The van der Waals surface area contributed by atoms with Gasteiger partial charge in [0, 0.05) is 6.54 Å². The van der Waals surface area contributed by atoms with Crippen molar-refractivity contribution < 1.29 is 14.3 Å². The Morgan fingerprint density at radius 3 is 2.55 bits per heavy atom. The van der Waals surface area contributed by atoms with Gasteiger partial charge < -0.3 is 21.5 Å². The number of para-hydroxylation sites is 1. The van der Waals surface area contributed by atoms with E-state index in [0.29, 0.717) is 16.9 Å². The van der Waals surface area contributed by atoms with Crippen LogP contribution in [-0.4, -0.2) is 25.0 Å². The molecule has 0 fully saturated rings. The maximum atomic E-state index is 11.9. The molecule has 0 unspecified atom stereocenters. The highest BCUT2D eigenvalue weighted by Crippen LogP contribution is 2.26. The molecule has 1 aromatic rings. The zero-order valence-corrected chi connectivity index (χ0v) is 12.0. The number of ether oxygens (including phenoxy) is 1. The molecule has 20 heavy (non-hydrogen) atoms. The van der Waals surface area contributed by atoms with E-state index in [1.807, 2.05) is 0 Å². The number of nitrogens with one attached hydrogen (secondary N) is 1. The summed E-state index contributed by atoms with van der Waals surface area (Å²) in [5.74, 6) is -0.892. The van der Waals surface area contributed by atoms with Crippen LogP contribution in [0.25, 0.3) is 0 Å². The van der Waals surface area contributed by atoms with Crippen LogP contribution in [0.2, 0.25) is 0 Å². The average Bonchev–Trinajstić information content (AvgIpc) is 2.37. The minimum atomic E-state index is -0.756. The van der Waals surface area contributed by atoms with Crippen molar-refractivity contribution in [2.45, 2.75) is 20.8 Å². The van der Waals surface area contributed by atoms with Crippen LogP contribution in [0, 0.1) is 5.41 Å². The molecule has 0 aliphatic rings. The third-order valence-corrected chi connectivity index (χ3v) is 2.97. The van der Waals surface area contributed by atoms with Gasteiger partial charge in [-0.05, 0) is 32.9 Å². The van der Waals surface area contributed by atoms with E-state index in [4.69, 9.17) is 16.2 Å². The van der Waals surface area contributed by atoms with Gasteiger partial charge in [0.1, 0.15) is 0 Å². The largest absolute Gasteiger partial charge is 0.462 e. The molecule has 1 aromatic carbocycles. The highest BCUT2D eigenvalue weighted by molar-refractivity contribution is 5.99. The van der Waals surface area contributed by atoms with Gasteiger partial charge in [-0.2, -0.15) is 0 Å². The van der Waals surface area contributed by atoms with Crippen LogP contribution in [0.4, 0.5) is 11.4 Å². The van der Waals surface area contributed by atoms with Crippen molar-refractivity contribution in [2.75, 3.05) is 24.2 Å². The molecule has 110 valence electrons. The fraction of sp³-hybridized carbons (Fsp3) is 0.429. The van der Waals surface area contributed by atoms with Crippen LogP contribution in [0.15, 0.2) is 18.2 Å². The second-order valence-electron chi connectivity index (χ2n) is 5.09. The number of carbonyl (C=O) groups excluding carboxylic acids is 2. The molecule has 0 bridgehead atoms. The number of nitrogen functional groups attached to an aromatic ring is 1. The van der Waals surface area contributed by atoms with Crippen LogP contribution in [0.5, 0.6) is 0 Å². The summed E-state index contributed by atoms with van der Waals surface area (Å²) in [7, 11) is 0. The molecular formula is C14H21N3O3. The van der Waals surface area contributed by atoms with E-state index in [-0.39, 0.29) is 13.2 Å². The normalized spacial score (nSPS) is 10.9. The first-order valence-electron chi connectivity index (χ1n) is 6.39. The number of carbonyl (C=O) groups is 2. The number of amides is 1. The summed E-state index contributed by atoms with van der Waals surface area (Å²) < 4.78 is 4.98. The lowest BCUT2D eigenvalue weighted by molar-refractivity contribution is -0.125. The Balaban J connectivity index is 2.99. The molecule has 0 spiro atoms. The molecule has 1 amide bonds. The summed E-state index contributed by atoms with van der Waals surface area (Å²) >= 11 is 0. The topological polar surface area (TPSA) is 107 Å². The number of rotatable bonds is 6. The fourth-order valence-corrected chi connectivity index (χ4v) is 1.54. The first-order valence-corrected chi connectivity index (χ1v) is 6.39. The Morgan fingerprint density at radius 2 is 2.00 bits per heavy atom. The van der Waals surface area contributed by atoms with Gasteiger partial charge in [-0.15, -0.1) is 0 Å². The van der Waals surface area contributed by atoms with E-state index in [1.54, 1.807) is 39.0 Å². The van der Waals surface area contributed by atoms with Crippen molar-refractivity contribution in [1.29, 1.82) is 0 Å². The first kappa shape index (κ1) is 15.8. The van der Waals surface area contributed by atoms with Gasteiger partial charge in [0.05, 0.1) is 29.0 Å². The second kappa shape index (κ2) is 6.27. The van der Waals surface area contributed by atoms with Gasteiger partial charge in [0.15, 0.2) is 0 Å². The van der Waals surface area contributed by atoms with Crippen molar-refractivity contribution in [1.82, 2.24) is 0 Å². The standard InChI is InChI=1S/C14H21N3O3/c1-4-20-12(18)9-6-5-7-10(15)11(9)17-8-14(2,3)13(16)19/h5-7,17H,4,8,15H2,1-3H3,(H2,16,19). The van der Waals surface area contributed by atoms with Gasteiger partial charge in [-0.1, -0.05) is 6.07 Å². The van der Waals surface area contributed by atoms with Gasteiger partial charge in [0.25, 0.3) is 0 Å². The molecule has 0 saturated carbocycles. The number of nitrogens with two attached hydrogens (primary N) is 2. The molecule has 0 saturated heterocycles. The summed E-state index contributed by atoms with van der Waals surface area (Å²) in [5.41, 5.74) is 11.6. The van der Waals surface area contributed by atoms with Gasteiger partial charge in [-0.25, -0.2) is 4.79 Å². The zero-order chi connectivity index (χ0) is 15.3. The quantitative estimate of drug-likeness (QED) is 0.538. The molecule has 6 heteroatoms. The molecule has 0 atom stereocenters. The maximum absolute atomic E-state index is 11.9.